The number of benzene rings is 1. The molecule has 3 N–H and O–H groups in total. The molecule has 0 aromatic heterocycles. The van der Waals surface area contributed by atoms with Gasteiger partial charge in [0.25, 0.3) is 0 Å². The summed E-state index contributed by atoms with van der Waals surface area (Å²) in [6.07, 6.45) is 0. The van der Waals surface area contributed by atoms with Crippen molar-refractivity contribution in [3.63, 3.8) is 0 Å². The second-order valence-electron chi connectivity index (χ2n) is 5.15. The van der Waals surface area contributed by atoms with Crippen LogP contribution in [0.15, 0.2) is 24.3 Å². The molecule has 0 aliphatic rings. The van der Waals surface area contributed by atoms with Crippen LogP contribution in [0.1, 0.15) is 26.3 Å². The van der Waals surface area contributed by atoms with Gasteiger partial charge in [0, 0.05) is 0 Å². The Bertz CT molecular complexity index is 397. The van der Waals surface area contributed by atoms with E-state index in [9.17, 15) is 4.79 Å². The highest BCUT2D eigenvalue weighted by atomic mass is 16.5. The number of hydrogen-bond donors (Lipinski definition) is 2. The van der Waals surface area contributed by atoms with Crippen LogP contribution in [0.5, 0.6) is 5.75 Å². The molecule has 1 aromatic rings. The van der Waals surface area contributed by atoms with E-state index in [-0.39, 0.29) is 17.9 Å². The molecular weight excluding hydrogens is 228 g/mol. The summed E-state index contributed by atoms with van der Waals surface area (Å²) in [5.74, 6) is 0.703. The fraction of sp³-hybridized carbons (Fsp3) is 0.500. The predicted molar refractivity (Wildman–Crippen MR) is 72.7 cm³/mol. The highest BCUT2D eigenvalue weighted by Gasteiger charge is 2.18. The van der Waals surface area contributed by atoms with Gasteiger partial charge in [-0.05, 0) is 17.0 Å². The molecule has 18 heavy (non-hydrogen) atoms. The third-order valence-corrected chi connectivity index (χ3v) is 2.56. The number of rotatable bonds is 5. The van der Waals surface area contributed by atoms with Gasteiger partial charge in [0.1, 0.15) is 12.4 Å². The number of amides is 1. The second kappa shape index (κ2) is 6.40. The number of ether oxygens (including phenoxy) is 1. The van der Waals surface area contributed by atoms with Crippen LogP contribution in [0.4, 0.5) is 0 Å². The largest absolute Gasteiger partial charge is 0.491 e. The lowest BCUT2D eigenvalue weighted by Gasteiger charge is -2.22. The van der Waals surface area contributed by atoms with Gasteiger partial charge >= 0.3 is 0 Å². The summed E-state index contributed by atoms with van der Waals surface area (Å²) >= 11 is 0. The van der Waals surface area contributed by atoms with E-state index < -0.39 is 0 Å². The van der Waals surface area contributed by atoms with Crippen LogP contribution in [0.2, 0.25) is 0 Å². The molecule has 0 aliphatic heterocycles. The molecule has 0 fully saturated rings. The average molecular weight is 250 g/mol. The molecule has 1 aromatic carbocycles. The molecule has 1 amide bonds. The summed E-state index contributed by atoms with van der Waals surface area (Å²) in [7, 11) is 0. The molecule has 0 bridgehead atoms. The summed E-state index contributed by atoms with van der Waals surface area (Å²) in [4.78, 5) is 11.0. The fourth-order valence-corrected chi connectivity index (χ4v) is 1.64. The van der Waals surface area contributed by atoms with Gasteiger partial charge < -0.3 is 15.8 Å². The van der Waals surface area contributed by atoms with Gasteiger partial charge in [0.05, 0.1) is 13.1 Å². The first-order valence-corrected chi connectivity index (χ1v) is 6.14. The van der Waals surface area contributed by atoms with Crippen LogP contribution in [-0.2, 0) is 10.2 Å². The summed E-state index contributed by atoms with van der Waals surface area (Å²) in [5, 5.41) is 2.67. The number of hydrogen-bond acceptors (Lipinski definition) is 3. The third-order valence-electron chi connectivity index (χ3n) is 2.56. The van der Waals surface area contributed by atoms with E-state index in [1.54, 1.807) is 0 Å². The minimum atomic E-state index is -0.164. The van der Waals surface area contributed by atoms with Crippen molar-refractivity contribution in [2.45, 2.75) is 26.2 Å². The van der Waals surface area contributed by atoms with Crippen molar-refractivity contribution in [2.24, 2.45) is 5.73 Å². The van der Waals surface area contributed by atoms with Gasteiger partial charge in [0.2, 0.25) is 5.91 Å². The monoisotopic (exact) mass is 250 g/mol. The van der Waals surface area contributed by atoms with Gasteiger partial charge in [-0.2, -0.15) is 0 Å². The van der Waals surface area contributed by atoms with Crippen molar-refractivity contribution in [1.29, 1.82) is 0 Å². The lowest BCUT2D eigenvalue weighted by Crippen LogP contribution is -2.33. The van der Waals surface area contributed by atoms with Crippen LogP contribution in [0, 0.1) is 0 Å². The maximum atomic E-state index is 11.0. The SMILES string of the molecule is CC(C)(C)c1ccccc1OCCNC(=O)CN. The summed E-state index contributed by atoms with van der Waals surface area (Å²) in [6.45, 7) is 7.36. The van der Waals surface area contributed by atoms with Crippen LogP contribution in [0.3, 0.4) is 0 Å². The Morgan fingerprint density at radius 2 is 2.00 bits per heavy atom. The van der Waals surface area contributed by atoms with Crippen molar-refractivity contribution in [1.82, 2.24) is 5.32 Å². The van der Waals surface area contributed by atoms with E-state index >= 15 is 0 Å². The molecule has 0 spiro atoms. The summed E-state index contributed by atoms with van der Waals surface area (Å²) in [5.41, 5.74) is 6.39. The topological polar surface area (TPSA) is 64.3 Å². The van der Waals surface area contributed by atoms with E-state index in [0.29, 0.717) is 13.2 Å². The molecular formula is C14H22N2O2. The lowest BCUT2D eigenvalue weighted by molar-refractivity contribution is -0.119. The number of para-hydroxylation sites is 1. The first-order chi connectivity index (χ1) is 8.45. The Hall–Kier alpha value is -1.55. The maximum Gasteiger partial charge on any atom is 0.233 e. The van der Waals surface area contributed by atoms with E-state index in [4.69, 9.17) is 10.5 Å². The summed E-state index contributed by atoms with van der Waals surface area (Å²) < 4.78 is 5.70. The zero-order valence-corrected chi connectivity index (χ0v) is 11.3. The smallest absolute Gasteiger partial charge is 0.233 e. The van der Waals surface area contributed by atoms with Crippen LogP contribution < -0.4 is 15.8 Å². The quantitative estimate of drug-likeness (QED) is 0.777. The van der Waals surface area contributed by atoms with Crippen LogP contribution >= 0.6 is 0 Å². The first kappa shape index (κ1) is 14.5. The molecule has 0 radical (unpaired) electrons. The average Bonchev–Trinajstić information content (AvgIpc) is 2.33. The minimum Gasteiger partial charge on any atom is -0.491 e. The summed E-state index contributed by atoms with van der Waals surface area (Å²) in [6, 6.07) is 7.96. The predicted octanol–water partition coefficient (Wildman–Crippen LogP) is 1.44. The van der Waals surface area contributed by atoms with Crippen molar-refractivity contribution >= 4 is 5.91 Å². The van der Waals surface area contributed by atoms with Gasteiger partial charge in [0.15, 0.2) is 0 Å². The number of nitrogens with one attached hydrogen (secondary N) is 1. The molecule has 4 heteroatoms. The molecule has 4 nitrogen and oxygen atoms in total. The van der Waals surface area contributed by atoms with E-state index in [2.05, 4.69) is 32.2 Å². The van der Waals surface area contributed by atoms with Gasteiger partial charge in [-0.3, -0.25) is 4.79 Å². The molecule has 1 rings (SSSR count). The van der Waals surface area contributed by atoms with Crippen molar-refractivity contribution in [2.75, 3.05) is 19.7 Å². The zero-order valence-electron chi connectivity index (χ0n) is 11.3. The number of carbonyl (C=O) groups excluding carboxylic acids is 1. The van der Waals surface area contributed by atoms with Gasteiger partial charge in [-0.25, -0.2) is 0 Å². The lowest BCUT2D eigenvalue weighted by atomic mass is 9.86. The molecule has 100 valence electrons. The van der Waals surface area contributed by atoms with Crippen molar-refractivity contribution < 1.29 is 9.53 Å². The molecule has 0 unspecified atom stereocenters. The zero-order chi connectivity index (χ0) is 13.6. The third kappa shape index (κ3) is 4.37. The Morgan fingerprint density at radius 1 is 1.33 bits per heavy atom. The van der Waals surface area contributed by atoms with Crippen molar-refractivity contribution in [3.8, 4) is 5.75 Å². The Kier molecular flexibility index (Phi) is 5.16. The molecule has 0 atom stereocenters. The maximum absolute atomic E-state index is 11.0. The fourth-order valence-electron chi connectivity index (χ4n) is 1.64. The number of carbonyl (C=O) groups is 1. The molecule has 0 saturated carbocycles. The van der Waals surface area contributed by atoms with Crippen LogP contribution in [0.25, 0.3) is 0 Å². The van der Waals surface area contributed by atoms with Gasteiger partial charge in [-0.1, -0.05) is 39.0 Å². The Morgan fingerprint density at radius 3 is 2.61 bits per heavy atom. The molecule has 0 saturated heterocycles. The van der Waals surface area contributed by atoms with Crippen LogP contribution in [-0.4, -0.2) is 25.6 Å². The Balaban J connectivity index is 2.55. The minimum absolute atomic E-state index is 0.0125. The van der Waals surface area contributed by atoms with Gasteiger partial charge in [-0.15, -0.1) is 0 Å². The second-order valence-corrected chi connectivity index (χ2v) is 5.15. The first-order valence-electron chi connectivity index (χ1n) is 6.14. The normalized spacial score (nSPS) is 11.1. The van der Waals surface area contributed by atoms with E-state index in [0.717, 1.165) is 11.3 Å². The van der Waals surface area contributed by atoms with E-state index in [1.165, 1.54) is 0 Å². The van der Waals surface area contributed by atoms with Crippen molar-refractivity contribution in [3.05, 3.63) is 29.8 Å². The highest BCUT2D eigenvalue weighted by molar-refractivity contribution is 5.77. The molecule has 0 aliphatic carbocycles. The highest BCUT2D eigenvalue weighted by Crippen LogP contribution is 2.30. The molecule has 0 heterocycles. The number of nitrogens with two attached hydrogens (primary N) is 1. The Labute approximate surface area is 109 Å². The standard InChI is InChI=1S/C14H22N2O2/c1-14(2,3)11-6-4-5-7-12(11)18-9-8-16-13(17)10-15/h4-7H,8-10,15H2,1-3H3,(H,16,17). The van der Waals surface area contributed by atoms with E-state index in [1.807, 2.05) is 18.2 Å².